The average Bonchev–Trinajstić information content (AvgIpc) is 2.98. The Morgan fingerprint density at radius 2 is 2.09 bits per heavy atom. The number of cyclic esters (lactones) is 1. The van der Waals surface area contributed by atoms with Crippen molar-refractivity contribution >= 4 is 5.97 Å². The SMILES string of the molecule is CCCCOC1=C(NCCC)[C@@H]([C@@H]2COC(C)(C)O2)OC1=O. The summed E-state index contributed by atoms with van der Waals surface area (Å²) < 4.78 is 22.6. The first-order valence-corrected chi connectivity index (χ1v) is 8.12. The van der Waals surface area contributed by atoms with Crippen LogP contribution in [0.25, 0.3) is 0 Å². The Balaban J connectivity index is 2.12. The number of nitrogens with one attached hydrogen (secondary N) is 1. The largest absolute Gasteiger partial charge is 0.485 e. The van der Waals surface area contributed by atoms with Gasteiger partial charge in [0.05, 0.1) is 13.2 Å². The molecule has 0 aromatic rings. The molecule has 0 saturated carbocycles. The van der Waals surface area contributed by atoms with Crippen molar-refractivity contribution in [3.63, 3.8) is 0 Å². The summed E-state index contributed by atoms with van der Waals surface area (Å²) in [6.45, 7) is 9.51. The maximum absolute atomic E-state index is 12.1. The molecule has 0 aromatic heterocycles. The van der Waals surface area contributed by atoms with Gasteiger partial charge >= 0.3 is 5.97 Å². The number of carbonyl (C=O) groups excluding carboxylic acids is 1. The molecule has 0 aliphatic carbocycles. The number of hydrogen-bond acceptors (Lipinski definition) is 6. The molecular formula is C16H27NO5. The molecule has 1 saturated heterocycles. The third-order valence-corrected chi connectivity index (χ3v) is 3.63. The van der Waals surface area contributed by atoms with Gasteiger partial charge < -0.3 is 24.3 Å². The van der Waals surface area contributed by atoms with Crippen molar-refractivity contribution in [3.8, 4) is 0 Å². The molecule has 1 N–H and O–H groups in total. The standard InChI is InChI=1S/C16H27NO5/c1-5-7-9-19-14-12(17-8-6-2)13(21-15(14)18)11-10-20-16(3,4)22-11/h11,13,17H,5-10H2,1-4H3/t11-,13+/m0/s1. The van der Waals surface area contributed by atoms with E-state index in [4.69, 9.17) is 18.9 Å². The summed E-state index contributed by atoms with van der Waals surface area (Å²) >= 11 is 0. The number of unbranched alkanes of at least 4 members (excludes halogenated alkanes) is 1. The highest BCUT2D eigenvalue weighted by Gasteiger charge is 2.46. The first kappa shape index (κ1) is 17.1. The molecule has 2 aliphatic rings. The lowest BCUT2D eigenvalue weighted by molar-refractivity contribution is -0.162. The van der Waals surface area contributed by atoms with Crippen molar-refractivity contribution < 1.29 is 23.7 Å². The van der Waals surface area contributed by atoms with Gasteiger partial charge in [-0.2, -0.15) is 0 Å². The van der Waals surface area contributed by atoms with Crippen LogP contribution >= 0.6 is 0 Å². The molecular weight excluding hydrogens is 286 g/mol. The Kier molecular flexibility index (Phi) is 5.69. The van der Waals surface area contributed by atoms with Gasteiger partial charge in [-0.05, 0) is 26.7 Å². The van der Waals surface area contributed by atoms with Gasteiger partial charge in [0.15, 0.2) is 11.9 Å². The summed E-state index contributed by atoms with van der Waals surface area (Å²) in [7, 11) is 0. The van der Waals surface area contributed by atoms with Crippen LogP contribution in [-0.2, 0) is 23.7 Å². The number of esters is 1. The van der Waals surface area contributed by atoms with E-state index in [9.17, 15) is 4.79 Å². The summed E-state index contributed by atoms with van der Waals surface area (Å²) in [5.41, 5.74) is 0.689. The lowest BCUT2D eigenvalue weighted by Gasteiger charge is -2.22. The zero-order chi connectivity index (χ0) is 16.2. The third-order valence-electron chi connectivity index (χ3n) is 3.63. The van der Waals surface area contributed by atoms with Gasteiger partial charge in [-0.1, -0.05) is 20.3 Å². The summed E-state index contributed by atoms with van der Waals surface area (Å²) in [4.78, 5) is 12.1. The lowest BCUT2D eigenvalue weighted by atomic mass is 10.1. The molecule has 2 atom stereocenters. The van der Waals surface area contributed by atoms with E-state index in [0.717, 1.165) is 25.8 Å². The van der Waals surface area contributed by atoms with E-state index < -0.39 is 17.9 Å². The number of carbonyl (C=O) groups is 1. The van der Waals surface area contributed by atoms with Crippen LogP contribution in [0.2, 0.25) is 0 Å². The monoisotopic (exact) mass is 313 g/mol. The second kappa shape index (κ2) is 7.33. The van der Waals surface area contributed by atoms with Gasteiger partial charge in [-0.25, -0.2) is 4.79 Å². The first-order valence-electron chi connectivity index (χ1n) is 8.12. The van der Waals surface area contributed by atoms with E-state index in [0.29, 0.717) is 24.7 Å². The van der Waals surface area contributed by atoms with Crippen LogP contribution in [0.3, 0.4) is 0 Å². The Morgan fingerprint density at radius 3 is 2.68 bits per heavy atom. The molecule has 0 radical (unpaired) electrons. The molecule has 2 heterocycles. The second-order valence-electron chi connectivity index (χ2n) is 6.06. The molecule has 0 bridgehead atoms. The Labute approximate surface area is 132 Å². The third kappa shape index (κ3) is 3.93. The predicted molar refractivity (Wildman–Crippen MR) is 81.0 cm³/mol. The van der Waals surface area contributed by atoms with Crippen molar-refractivity contribution in [2.75, 3.05) is 19.8 Å². The van der Waals surface area contributed by atoms with Crippen LogP contribution in [0.5, 0.6) is 0 Å². The minimum Gasteiger partial charge on any atom is -0.485 e. The average molecular weight is 313 g/mol. The normalized spacial score (nSPS) is 27.2. The van der Waals surface area contributed by atoms with Crippen molar-refractivity contribution in [3.05, 3.63) is 11.5 Å². The zero-order valence-corrected chi connectivity index (χ0v) is 13.9. The number of rotatable bonds is 8. The summed E-state index contributed by atoms with van der Waals surface area (Å²) in [6, 6.07) is 0. The highest BCUT2D eigenvalue weighted by molar-refractivity contribution is 5.90. The Morgan fingerprint density at radius 1 is 1.32 bits per heavy atom. The van der Waals surface area contributed by atoms with Gasteiger partial charge in [0, 0.05) is 6.54 Å². The highest BCUT2D eigenvalue weighted by Crippen LogP contribution is 2.32. The fraction of sp³-hybridized carbons (Fsp3) is 0.812. The van der Waals surface area contributed by atoms with E-state index in [1.807, 2.05) is 13.8 Å². The van der Waals surface area contributed by atoms with Crippen molar-refractivity contribution in [1.82, 2.24) is 5.32 Å². The quantitative estimate of drug-likeness (QED) is 0.547. The van der Waals surface area contributed by atoms with Gasteiger partial charge in [0.1, 0.15) is 11.8 Å². The van der Waals surface area contributed by atoms with Gasteiger partial charge in [-0.3, -0.25) is 0 Å². The molecule has 6 heteroatoms. The number of ether oxygens (including phenoxy) is 4. The molecule has 0 aromatic carbocycles. The highest BCUT2D eigenvalue weighted by atomic mass is 16.8. The molecule has 2 rings (SSSR count). The van der Waals surface area contributed by atoms with Crippen LogP contribution in [0, 0.1) is 0 Å². The van der Waals surface area contributed by atoms with E-state index in [2.05, 4.69) is 19.2 Å². The molecule has 22 heavy (non-hydrogen) atoms. The molecule has 0 spiro atoms. The smallest absolute Gasteiger partial charge is 0.376 e. The predicted octanol–water partition coefficient (Wildman–Crippen LogP) is 2.09. The molecule has 2 aliphatic heterocycles. The Hall–Kier alpha value is -1.27. The van der Waals surface area contributed by atoms with E-state index in [-0.39, 0.29) is 6.10 Å². The zero-order valence-electron chi connectivity index (χ0n) is 13.9. The molecule has 126 valence electrons. The van der Waals surface area contributed by atoms with Crippen LogP contribution in [0.4, 0.5) is 0 Å². The fourth-order valence-electron chi connectivity index (χ4n) is 2.49. The van der Waals surface area contributed by atoms with Gasteiger partial charge in [0.2, 0.25) is 5.76 Å². The van der Waals surface area contributed by atoms with Crippen molar-refractivity contribution in [2.24, 2.45) is 0 Å². The summed E-state index contributed by atoms with van der Waals surface area (Å²) in [5.74, 6) is -0.785. The Bertz CT molecular complexity index is 432. The number of hydrogen-bond donors (Lipinski definition) is 1. The molecule has 1 fully saturated rings. The minimum atomic E-state index is -0.654. The minimum absolute atomic E-state index is 0.292. The van der Waals surface area contributed by atoms with E-state index >= 15 is 0 Å². The van der Waals surface area contributed by atoms with Gasteiger partial charge in [0.25, 0.3) is 0 Å². The van der Waals surface area contributed by atoms with Crippen LogP contribution in [0.1, 0.15) is 47.0 Å². The van der Waals surface area contributed by atoms with Crippen LogP contribution in [-0.4, -0.2) is 43.7 Å². The maximum Gasteiger partial charge on any atom is 0.376 e. The summed E-state index contributed by atoms with van der Waals surface area (Å²) in [5, 5.41) is 3.27. The maximum atomic E-state index is 12.1. The summed E-state index contributed by atoms with van der Waals surface area (Å²) in [6.07, 6.45) is 2.05. The molecule has 0 unspecified atom stereocenters. The van der Waals surface area contributed by atoms with E-state index in [1.165, 1.54) is 0 Å². The topological polar surface area (TPSA) is 66.0 Å². The second-order valence-corrected chi connectivity index (χ2v) is 6.06. The van der Waals surface area contributed by atoms with Gasteiger partial charge in [-0.15, -0.1) is 0 Å². The van der Waals surface area contributed by atoms with E-state index in [1.54, 1.807) is 0 Å². The molecule has 0 amide bonds. The lowest BCUT2D eigenvalue weighted by Crippen LogP contribution is -2.37. The fourth-order valence-corrected chi connectivity index (χ4v) is 2.49. The van der Waals surface area contributed by atoms with Crippen LogP contribution in [0.15, 0.2) is 11.5 Å². The van der Waals surface area contributed by atoms with Crippen LogP contribution < -0.4 is 5.32 Å². The molecule has 6 nitrogen and oxygen atoms in total. The van der Waals surface area contributed by atoms with Crippen molar-refractivity contribution in [1.29, 1.82) is 0 Å². The first-order chi connectivity index (χ1) is 10.5. The van der Waals surface area contributed by atoms with Crippen molar-refractivity contribution in [2.45, 2.75) is 65.0 Å².